The Morgan fingerprint density at radius 3 is 2.48 bits per heavy atom. The van der Waals surface area contributed by atoms with Gasteiger partial charge in [0, 0.05) is 30.5 Å². The van der Waals surface area contributed by atoms with Crippen LogP contribution in [0.4, 0.5) is 0 Å². The molecule has 3 heterocycles. The van der Waals surface area contributed by atoms with E-state index in [1.54, 1.807) is 17.0 Å². The third kappa shape index (κ3) is 3.96. The van der Waals surface area contributed by atoms with Crippen molar-refractivity contribution in [3.8, 4) is 5.69 Å². The topological polar surface area (TPSA) is 85.9 Å². The normalized spacial score (nSPS) is 14.7. The average Bonchev–Trinajstić information content (AvgIpc) is 3.15. The number of para-hydroxylation sites is 1. The van der Waals surface area contributed by atoms with E-state index in [4.69, 9.17) is 0 Å². The summed E-state index contributed by atoms with van der Waals surface area (Å²) in [5.74, 6) is 0.0516. The summed E-state index contributed by atoms with van der Waals surface area (Å²) in [6.07, 6.45) is 1.49. The van der Waals surface area contributed by atoms with Crippen LogP contribution in [0.5, 0.6) is 0 Å². The minimum Gasteiger partial charge on any atom is -0.336 e. The van der Waals surface area contributed by atoms with Crippen LogP contribution < -0.4 is 5.56 Å². The molecule has 2 aromatic heterocycles. The highest BCUT2D eigenvalue weighted by Crippen LogP contribution is 2.21. The van der Waals surface area contributed by atoms with Gasteiger partial charge in [0.1, 0.15) is 0 Å². The molecule has 8 heteroatoms. The lowest BCUT2D eigenvalue weighted by atomic mass is 9.92. The molecule has 1 aromatic carbocycles. The fourth-order valence-electron chi connectivity index (χ4n) is 3.28. The third-order valence-electron chi connectivity index (χ3n) is 5.01. The predicted octanol–water partition coefficient (Wildman–Crippen LogP) is 1.89. The van der Waals surface area contributed by atoms with Crippen molar-refractivity contribution in [1.82, 2.24) is 29.7 Å². The summed E-state index contributed by atoms with van der Waals surface area (Å²) in [6.45, 7) is 7.85. The SMILES string of the molecule is CC(C)(C)c1ccc(=O)n(CC2CN(C(=O)c3cnn(-c4ccccc4)n3)C2)n1. The largest absolute Gasteiger partial charge is 0.336 e. The summed E-state index contributed by atoms with van der Waals surface area (Å²) >= 11 is 0. The van der Waals surface area contributed by atoms with Crippen LogP contribution in [0.3, 0.4) is 0 Å². The van der Waals surface area contributed by atoms with Gasteiger partial charge in [-0.1, -0.05) is 39.0 Å². The molecule has 1 saturated heterocycles. The number of hydrogen-bond donors (Lipinski definition) is 0. The summed E-state index contributed by atoms with van der Waals surface area (Å²) in [4.78, 5) is 28.0. The van der Waals surface area contributed by atoms with E-state index in [0.717, 1.165) is 11.4 Å². The van der Waals surface area contributed by atoms with Crippen LogP contribution in [0.1, 0.15) is 37.0 Å². The second-order valence-corrected chi connectivity index (χ2v) is 8.42. The van der Waals surface area contributed by atoms with Crippen molar-refractivity contribution >= 4 is 5.91 Å². The first-order valence-electron chi connectivity index (χ1n) is 9.67. The second-order valence-electron chi connectivity index (χ2n) is 8.42. The molecule has 0 aliphatic carbocycles. The van der Waals surface area contributed by atoms with E-state index in [0.29, 0.717) is 25.3 Å². The van der Waals surface area contributed by atoms with Crippen molar-refractivity contribution in [2.45, 2.75) is 32.7 Å². The van der Waals surface area contributed by atoms with E-state index in [2.05, 4.69) is 36.1 Å². The molecule has 0 saturated carbocycles. The molecule has 1 amide bonds. The van der Waals surface area contributed by atoms with Gasteiger partial charge in [-0.15, -0.1) is 5.10 Å². The Kier molecular flexibility index (Phi) is 4.77. The van der Waals surface area contributed by atoms with Gasteiger partial charge in [-0.2, -0.15) is 15.0 Å². The lowest BCUT2D eigenvalue weighted by Crippen LogP contribution is -2.52. The summed E-state index contributed by atoms with van der Waals surface area (Å²) in [5.41, 5.74) is 1.76. The van der Waals surface area contributed by atoms with Crippen molar-refractivity contribution in [3.63, 3.8) is 0 Å². The van der Waals surface area contributed by atoms with Gasteiger partial charge < -0.3 is 4.90 Å². The Bertz CT molecular complexity index is 1070. The van der Waals surface area contributed by atoms with Crippen molar-refractivity contribution < 1.29 is 4.79 Å². The first kappa shape index (κ1) is 19.0. The van der Waals surface area contributed by atoms with E-state index < -0.39 is 0 Å². The summed E-state index contributed by atoms with van der Waals surface area (Å²) in [6, 6.07) is 12.8. The number of likely N-dealkylation sites (tertiary alicyclic amines) is 1. The Labute approximate surface area is 168 Å². The Balaban J connectivity index is 1.39. The van der Waals surface area contributed by atoms with Crippen LogP contribution in [0, 0.1) is 5.92 Å². The zero-order valence-electron chi connectivity index (χ0n) is 16.8. The molecule has 1 fully saturated rings. The Hall–Kier alpha value is -3.29. The molecule has 0 N–H and O–H groups in total. The monoisotopic (exact) mass is 392 g/mol. The Morgan fingerprint density at radius 1 is 1.07 bits per heavy atom. The van der Waals surface area contributed by atoms with Crippen molar-refractivity contribution in [1.29, 1.82) is 0 Å². The van der Waals surface area contributed by atoms with Gasteiger partial charge in [0.25, 0.3) is 11.5 Å². The van der Waals surface area contributed by atoms with Crippen LogP contribution in [-0.2, 0) is 12.0 Å². The van der Waals surface area contributed by atoms with Crippen LogP contribution in [0.2, 0.25) is 0 Å². The maximum Gasteiger partial charge on any atom is 0.276 e. The van der Waals surface area contributed by atoms with Crippen molar-refractivity contribution in [2.24, 2.45) is 5.92 Å². The van der Waals surface area contributed by atoms with Gasteiger partial charge in [0.15, 0.2) is 5.69 Å². The zero-order valence-corrected chi connectivity index (χ0v) is 16.8. The van der Waals surface area contributed by atoms with Gasteiger partial charge in [0.05, 0.1) is 24.1 Å². The molecule has 1 aliphatic heterocycles. The molecule has 3 aromatic rings. The first-order valence-corrected chi connectivity index (χ1v) is 9.67. The number of carbonyl (C=O) groups excluding carboxylic acids is 1. The number of benzene rings is 1. The highest BCUT2D eigenvalue weighted by Gasteiger charge is 2.33. The van der Waals surface area contributed by atoms with Gasteiger partial charge in [-0.05, 0) is 18.2 Å². The van der Waals surface area contributed by atoms with Crippen LogP contribution in [-0.4, -0.2) is 48.7 Å². The Morgan fingerprint density at radius 2 is 1.79 bits per heavy atom. The number of rotatable bonds is 4. The van der Waals surface area contributed by atoms with E-state index in [9.17, 15) is 9.59 Å². The molecular formula is C21H24N6O2. The van der Waals surface area contributed by atoms with Crippen LogP contribution >= 0.6 is 0 Å². The maximum atomic E-state index is 12.6. The molecule has 0 spiro atoms. The summed E-state index contributed by atoms with van der Waals surface area (Å²) < 4.78 is 1.51. The quantitative estimate of drug-likeness (QED) is 0.677. The average molecular weight is 392 g/mol. The van der Waals surface area contributed by atoms with Gasteiger partial charge in [0.2, 0.25) is 0 Å². The van der Waals surface area contributed by atoms with E-state index in [1.807, 2.05) is 30.3 Å². The molecular weight excluding hydrogens is 368 g/mol. The van der Waals surface area contributed by atoms with E-state index in [1.165, 1.54) is 15.7 Å². The molecule has 4 rings (SSSR count). The fourth-order valence-corrected chi connectivity index (χ4v) is 3.28. The fraction of sp³-hybridized carbons (Fsp3) is 0.381. The second kappa shape index (κ2) is 7.27. The molecule has 0 unspecified atom stereocenters. The first-order chi connectivity index (χ1) is 13.8. The van der Waals surface area contributed by atoms with Gasteiger partial charge in [-0.25, -0.2) is 4.68 Å². The molecule has 8 nitrogen and oxygen atoms in total. The molecule has 150 valence electrons. The standard InChI is InChI=1S/C21H24N6O2/c1-21(2,3)18-9-10-19(28)26(24-18)14-15-12-25(13-15)20(29)17-11-22-27(23-17)16-7-5-4-6-8-16/h4-11,15H,12-14H2,1-3H3. The molecule has 1 aliphatic rings. The lowest BCUT2D eigenvalue weighted by molar-refractivity contribution is 0.0451. The van der Waals surface area contributed by atoms with Crippen molar-refractivity contribution in [2.75, 3.05) is 13.1 Å². The summed E-state index contributed by atoms with van der Waals surface area (Å²) in [5, 5.41) is 13.0. The third-order valence-corrected chi connectivity index (χ3v) is 5.01. The smallest absolute Gasteiger partial charge is 0.276 e. The molecule has 0 radical (unpaired) electrons. The molecule has 0 atom stereocenters. The van der Waals surface area contributed by atoms with Gasteiger partial charge >= 0.3 is 0 Å². The van der Waals surface area contributed by atoms with Crippen LogP contribution in [0.25, 0.3) is 5.69 Å². The predicted molar refractivity (Wildman–Crippen MR) is 108 cm³/mol. The zero-order chi connectivity index (χ0) is 20.6. The minimum atomic E-state index is -0.146. The number of nitrogens with zero attached hydrogens (tertiary/aromatic N) is 6. The maximum absolute atomic E-state index is 12.6. The number of hydrogen-bond acceptors (Lipinski definition) is 5. The van der Waals surface area contributed by atoms with Gasteiger partial charge in [-0.3, -0.25) is 9.59 Å². The highest BCUT2D eigenvalue weighted by atomic mass is 16.2. The van der Waals surface area contributed by atoms with E-state index >= 15 is 0 Å². The van der Waals surface area contributed by atoms with E-state index in [-0.39, 0.29) is 22.8 Å². The molecule has 29 heavy (non-hydrogen) atoms. The number of amides is 1. The minimum absolute atomic E-state index is 0.117. The lowest BCUT2D eigenvalue weighted by Gasteiger charge is -2.38. The molecule has 0 bridgehead atoms. The summed E-state index contributed by atoms with van der Waals surface area (Å²) in [7, 11) is 0. The number of carbonyl (C=O) groups is 1. The van der Waals surface area contributed by atoms with Crippen LogP contribution in [0.15, 0.2) is 53.5 Å². The van der Waals surface area contributed by atoms with Crippen molar-refractivity contribution in [3.05, 3.63) is 70.4 Å². The number of aromatic nitrogens is 5. The highest BCUT2D eigenvalue weighted by molar-refractivity contribution is 5.92.